The Morgan fingerprint density at radius 3 is 2.68 bits per heavy atom. The Kier molecular flexibility index (Phi) is 5.62. The molecule has 2 rings (SSSR count). The third kappa shape index (κ3) is 3.44. The molecule has 0 spiro atoms. The Hall–Kier alpha value is -2.22. The number of esters is 2. The summed E-state index contributed by atoms with van der Waals surface area (Å²) in [6.07, 6.45) is 2.97. The number of ether oxygens (including phenoxy) is 2. The fraction of sp³-hybridized carbons (Fsp3) is 0.529. The van der Waals surface area contributed by atoms with Crippen LogP contribution in [0.5, 0.6) is 0 Å². The Balaban J connectivity index is 2.74. The van der Waals surface area contributed by atoms with E-state index in [9.17, 15) is 19.7 Å². The third-order valence-corrected chi connectivity index (χ3v) is 5.17. The summed E-state index contributed by atoms with van der Waals surface area (Å²) < 4.78 is 10.8. The van der Waals surface area contributed by atoms with Gasteiger partial charge in [0.25, 0.3) is 0 Å². The first-order valence-corrected chi connectivity index (χ1v) is 8.90. The highest BCUT2D eigenvalue weighted by Gasteiger charge is 2.65. The lowest BCUT2D eigenvalue weighted by atomic mass is 9.67. The van der Waals surface area contributed by atoms with Gasteiger partial charge in [0.1, 0.15) is 0 Å². The molecule has 0 aliphatic carbocycles. The zero-order valence-electron chi connectivity index (χ0n) is 14.4. The second-order valence-corrected chi connectivity index (χ2v) is 7.28. The van der Waals surface area contributed by atoms with E-state index in [1.54, 1.807) is 24.4 Å². The van der Waals surface area contributed by atoms with Gasteiger partial charge in [0.2, 0.25) is 12.0 Å². The van der Waals surface area contributed by atoms with Gasteiger partial charge in [-0.05, 0) is 36.8 Å². The zero-order valence-corrected chi connectivity index (χ0v) is 15.2. The Morgan fingerprint density at radius 2 is 2.24 bits per heavy atom. The van der Waals surface area contributed by atoms with Crippen LogP contribution in [0.2, 0.25) is 0 Å². The predicted octanol–water partition coefficient (Wildman–Crippen LogP) is 2.72. The van der Waals surface area contributed by atoms with Gasteiger partial charge in [0.15, 0.2) is 5.60 Å². The molecule has 0 N–H and O–H groups in total. The largest absolute Gasteiger partial charge is 0.465 e. The lowest BCUT2D eigenvalue weighted by Gasteiger charge is -2.42. The smallest absolute Gasteiger partial charge is 0.331 e. The van der Waals surface area contributed by atoms with Crippen LogP contribution in [-0.4, -0.2) is 35.6 Å². The van der Waals surface area contributed by atoms with Gasteiger partial charge < -0.3 is 9.47 Å². The highest BCUT2D eigenvalue weighted by molar-refractivity contribution is 7.10. The zero-order chi connectivity index (χ0) is 18.7. The summed E-state index contributed by atoms with van der Waals surface area (Å²) in [5, 5.41) is 13.3. The Labute approximate surface area is 149 Å². The molecule has 2 atom stereocenters. The molecule has 1 aliphatic rings. The number of rotatable bonds is 8. The van der Waals surface area contributed by atoms with Crippen LogP contribution in [0.4, 0.5) is 0 Å². The SMILES string of the molecule is CCOC(=O)[C@@](C[N+](=O)[O-])(c1cccs1)[C@@]1(CC(C)C)C=CC(=O)O1. The molecule has 0 aromatic carbocycles. The first-order valence-electron chi connectivity index (χ1n) is 8.02. The van der Waals surface area contributed by atoms with Crippen LogP contribution in [0.25, 0.3) is 0 Å². The second-order valence-electron chi connectivity index (χ2n) is 6.34. The Bertz CT molecular complexity index is 683. The minimum absolute atomic E-state index is 0.0241. The molecule has 7 nitrogen and oxygen atoms in total. The summed E-state index contributed by atoms with van der Waals surface area (Å²) >= 11 is 1.21. The summed E-state index contributed by atoms with van der Waals surface area (Å²) in [4.78, 5) is 36.3. The van der Waals surface area contributed by atoms with Gasteiger partial charge in [-0.3, -0.25) is 14.9 Å². The maximum Gasteiger partial charge on any atom is 0.331 e. The molecule has 0 bridgehead atoms. The monoisotopic (exact) mass is 367 g/mol. The van der Waals surface area contributed by atoms with Crippen LogP contribution in [0.15, 0.2) is 29.7 Å². The summed E-state index contributed by atoms with van der Waals surface area (Å²) in [5.41, 5.74) is -3.18. The second kappa shape index (κ2) is 7.35. The number of nitro groups is 1. The van der Waals surface area contributed by atoms with Crippen LogP contribution >= 0.6 is 11.3 Å². The van der Waals surface area contributed by atoms with Crippen molar-refractivity contribution in [2.45, 2.75) is 38.2 Å². The van der Waals surface area contributed by atoms with Gasteiger partial charge in [0.05, 0.1) is 6.61 Å². The van der Waals surface area contributed by atoms with E-state index in [2.05, 4.69) is 0 Å². The summed E-state index contributed by atoms with van der Waals surface area (Å²) in [7, 11) is 0. The molecule has 1 aromatic heterocycles. The minimum Gasteiger partial charge on any atom is -0.465 e. The van der Waals surface area contributed by atoms with Gasteiger partial charge in [0, 0.05) is 15.9 Å². The van der Waals surface area contributed by atoms with Crippen molar-refractivity contribution in [1.82, 2.24) is 0 Å². The molecule has 8 heteroatoms. The lowest BCUT2D eigenvalue weighted by Crippen LogP contribution is -2.60. The third-order valence-electron chi connectivity index (χ3n) is 4.14. The molecule has 2 heterocycles. The number of hydrogen-bond acceptors (Lipinski definition) is 7. The molecule has 0 saturated heterocycles. The van der Waals surface area contributed by atoms with Crippen molar-refractivity contribution < 1.29 is 24.0 Å². The molecule has 0 amide bonds. The van der Waals surface area contributed by atoms with Gasteiger partial charge >= 0.3 is 11.9 Å². The van der Waals surface area contributed by atoms with E-state index >= 15 is 0 Å². The van der Waals surface area contributed by atoms with E-state index in [1.807, 2.05) is 13.8 Å². The molecule has 0 fully saturated rings. The first kappa shape index (κ1) is 19.1. The van der Waals surface area contributed by atoms with Gasteiger partial charge in [-0.15, -0.1) is 11.3 Å². The topological polar surface area (TPSA) is 95.7 Å². The standard InChI is InChI=1S/C17H21NO6S/c1-4-23-15(20)17(11-18(21)22,13-6-5-9-25-13)16(10-12(2)3)8-7-14(19)24-16/h5-9,12H,4,10-11H2,1-3H3/t16-,17+/m0/s1. The highest BCUT2D eigenvalue weighted by atomic mass is 32.1. The molecular weight excluding hydrogens is 346 g/mol. The van der Waals surface area contributed by atoms with E-state index < -0.39 is 34.4 Å². The number of thiophene rings is 1. The van der Waals surface area contributed by atoms with Crippen LogP contribution in [0.3, 0.4) is 0 Å². The number of carbonyl (C=O) groups excluding carboxylic acids is 2. The van der Waals surface area contributed by atoms with E-state index in [0.29, 0.717) is 4.88 Å². The van der Waals surface area contributed by atoms with E-state index in [-0.39, 0.29) is 18.9 Å². The van der Waals surface area contributed by atoms with Crippen molar-refractivity contribution in [2.24, 2.45) is 5.92 Å². The minimum atomic E-state index is -1.73. The van der Waals surface area contributed by atoms with Crippen LogP contribution in [-0.2, 0) is 24.5 Å². The molecule has 25 heavy (non-hydrogen) atoms. The summed E-state index contributed by atoms with van der Waals surface area (Å²) in [6.45, 7) is 4.78. The molecular formula is C17H21NO6S. The predicted molar refractivity (Wildman–Crippen MR) is 91.9 cm³/mol. The number of carbonyl (C=O) groups is 2. The van der Waals surface area contributed by atoms with E-state index in [4.69, 9.17) is 9.47 Å². The van der Waals surface area contributed by atoms with Gasteiger partial charge in [-0.25, -0.2) is 4.79 Å². The summed E-state index contributed by atoms with van der Waals surface area (Å²) in [5.74, 6) is -1.35. The summed E-state index contributed by atoms with van der Waals surface area (Å²) in [6, 6.07) is 3.35. The van der Waals surface area contributed by atoms with Crippen LogP contribution in [0, 0.1) is 16.0 Å². The fourth-order valence-electron chi connectivity index (χ4n) is 3.30. The van der Waals surface area contributed by atoms with E-state index in [0.717, 1.165) is 0 Å². The normalized spacial score (nSPS) is 21.8. The fourth-order valence-corrected chi connectivity index (χ4v) is 4.28. The van der Waals surface area contributed by atoms with Crippen LogP contribution in [0.1, 0.15) is 32.1 Å². The maximum atomic E-state index is 13.0. The van der Waals surface area contributed by atoms with Crippen molar-refractivity contribution in [3.8, 4) is 0 Å². The van der Waals surface area contributed by atoms with E-state index in [1.165, 1.54) is 23.5 Å². The number of nitrogens with zero attached hydrogens (tertiary/aromatic N) is 1. The quantitative estimate of drug-likeness (QED) is 0.398. The lowest BCUT2D eigenvalue weighted by molar-refractivity contribution is -0.492. The Morgan fingerprint density at radius 1 is 1.52 bits per heavy atom. The van der Waals surface area contributed by atoms with Crippen molar-refractivity contribution in [2.75, 3.05) is 13.2 Å². The molecule has 0 unspecified atom stereocenters. The number of hydrogen-bond donors (Lipinski definition) is 0. The van der Waals surface area contributed by atoms with Crippen molar-refractivity contribution in [3.63, 3.8) is 0 Å². The highest BCUT2D eigenvalue weighted by Crippen LogP contribution is 2.48. The average Bonchev–Trinajstić information content (AvgIpc) is 3.15. The van der Waals surface area contributed by atoms with Crippen molar-refractivity contribution in [3.05, 3.63) is 44.7 Å². The average molecular weight is 367 g/mol. The molecule has 136 valence electrons. The van der Waals surface area contributed by atoms with Crippen molar-refractivity contribution >= 4 is 23.3 Å². The molecule has 1 aliphatic heterocycles. The molecule has 0 saturated carbocycles. The first-order chi connectivity index (χ1) is 11.8. The van der Waals surface area contributed by atoms with Crippen LogP contribution < -0.4 is 0 Å². The molecule has 0 radical (unpaired) electrons. The van der Waals surface area contributed by atoms with Gasteiger partial charge in [-0.1, -0.05) is 19.9 Å². The molecule has 1 aromatic rings. The van der Waals surface area contributed by atoms with Crippen molar-refractivity contribution in [1.29, 1.82) is 0 Å². The van der Waals surface area contributed by atoms with Gasteiger partial charge in [-0.2, -0.15) is 0 Å². The maximum absolute atomic E-state index is 13.0. The number of cyclic esters (lactones) is 1.